The fraction of sp³-hybridized carbons (Fsp3) is 0.759. The van der Waals surface area contributed by atoms with Gasteiger partial charge < -0.3 is 36.3 Å². The maximum atomic E-state index is 7.69. The largest absolute Gasteiger partial charge is 0.414 e. The van der Waals surface area contributed by atoms with Crippen molar-refractivity contribution in [3.8, 4) is 0 Å². The first kappa shape index (κ1) is 61.3. The summed E-state index contributed by atoms with van der Waals surface area (Å²) in [7, 11) is -6.44. The first-order valence-corrected chi connectivity index (χ1v) is 36.3. The number of benzene rings is 2. The van der Waals surface area contributed by atoms with Gasteiger partial charge in [0.2, 0.25) is 0 Å². The Hall–Kier alpha value is -1.27. The van der Waals surface area contributed by atoms with Crippen LogP contribution in [-0.2, 0) is 36.3 Å². The Morgan fingerprint density at radius 2 is 1.20 bits per heavy atom. The van der Waals surface area contributed by atoms with Gasteiger partial charge in [0.1, 0.15) is 12.2 Å². The van der Waals surface area contributed by atoms with E-state index in [2.05, 4.69) is 224 Å². The van der Waals surface area contributed by atoms with E-state index in [0.717, 1.165) is 12.8 Å². The number of rotatable bonds is 18. The van der Waals surface area contributed by atoms with Gasteiger partial charge in [0.05, 0.1) is 43.7 Å². The van der Waals surface area contributed by atoms with Crippen LogP contribution in [0.2, 0.25) is 51.4 Å². The molecule has 8 nitrogen and oxygen atoms in total. The van der Waals surface area contributed by atoms with Gasteiger partial charge in [-0.25, -0.2) is 0 Å². The van der Waals surface area contributed by atoms with Crippen LogP contribution in [0.5, 0.6) is 0 Å². The molecule has 0 aromatic heterocycles. The van der Waals surface area contributed by atoms with E-state index in [-0.39, 0.29) is 85.7 Å². The van der Waals surface area contributed by atoms with Crippen LogP contribution < -0.4 is 10.4 Å². The van der Waals surface area contributed by atoms with Gasteiger partial charge in [0.25, 0.3) is 8.32 Å². The Bertz CT molecular complexity index is 1900. The van der Waals surface area contributed by atoms with E-state index in [1.807, 2.05) is 7.11 Å². The Morgan fingerprint density at radius 3 is 1.63 bits per heavy atom. The summed E-state index contributed by atoms with van der Waals surface area (Å²) in [4.78, 5) is 0. The van der Waals surface area contributed by atoms with E-state index in [1.165, 1.54) is 15.9 Å². The molecule has 10 atom stereocenters. The minimum Gasteiger partial charge on any atom is -0.414 e. The summed E-state index contributed by atoms with van der Waals surface area (Å²) < 4.78 is 57.3. The van der Waals surface area contributed by atoms with E-state index < -0.39 is 33.5 Å². The smallest absolute Gasteiger partial charge is 0.350 e. The third-order valence-corrected chi connectivity index (χ3v) is 36.2. The second-order valence-corrected chi connectivity index (χ2v) is 46.1. The van der Waals surface area contributed by atoms with Crippen molar-refractivity contribution < 1.29 is 36.3 Å². The zero-order chi connectivity index (χ0) is 53.3. The third kappa shape index (κ3) is 13.4. The monoisotopic (exact) mass is 1040 g/mol. The average molecular weight is 1040 g/mol. The average Bonchev–Trinajstić information content (AvgIpc) is 3.23. The summed E-state index contributed by atoms with van der Waals surface area (Å²) in [5.74, 6) is 0.375. The lowest BCUT2D eigenvalue weighted by Gasteiger charge is -2.58. The Labute approximate surface area is 434 Å². The van der Waals surface area contributed by atoms with Crippen molar-refractivity contribution in [1.29, 1.82) is 0 Å². The second-order valence-electron chi connectivity index (χ2n) is 27.5. The van der Waals surface area contributed by atoms with Crippen LogP contribution in [-0.4, -0.2) is 104 Å². The predicted molar refractivity (Wildman–Crippen MR) is 304 cm³/mol. The summed E-state index contributed by atoms with van der Waals surface area (Å²) >= 11 is 0. The van der Waals surface area contributed by atoms with Crippen LogP contribution in [0.1, 0.15) is 144 Å². The lowest BCUT2D eigenvalue weighted by molar-refractivity contribution is -0.206. The molecule has 0 saturated carbocycles. The van der Waals surface area contributed by atoms with Gasteiger partial charge in [-0.1, -0.05) is 191 Å². The van der Waals surface area contributed by atoms with Crippen LogP contribution in [0, 0.1) is 17.8 Å². The van der Waals surface area contributed by atoms with Crippen molar-refractivity contribution in [1.82, 2.24) is 0 Å². The van der Waals surface area contributed by atoms with Gasteiger partial charge in [0, 0.05) is 36.1 Å². The molecular weight excluding hydrogens is 937 g/mol. The zero-order valence-electron chi connectivity index (χ0n) is 49.2. The SMILES string of the molecule is CO[C@@H]1[C@@H]([C@H](CO[Si](c2ccccc2)(c2ccccc2)C(C)(C)C)OC)O[C@H](C[C@H]2O[Si](C(C)(C)C)(C(C)(C)C)O[C@@H](/C(C)=C/[C@H](C)[C@@H](CO[Si](C)(C)C(C)(C)C)O[Si](C)(C)C(C)(C)C)[C@H]2C)C[C@@H]1C. The van der Waals surface area contributed by atoms with Crippen LogP contribution in [0.3, 0.4) is 0 Å². The van der Waals surface area contributed by atoms with E-state index in [4.69, 9.17) is 36.3 Å². The Morgan fingerprint density at radius 1 is 0.700 bits per heavy atom. The van der Waals surface area contributed by atoms with Gasteiger partial charge in [-0.3, -0.25) is 0 Å². The van der Waals surface area contributed by atoms with Crippen LogP contribution >= 0.6 is 0 Å². The molecule has 4 rings (SSSR count). The molecule has 2 aromatic rings. The molecule has 12 heteroatoms. The number of hydrogen-bond acceptors (Lipinski definition) is 8. The molecule has 2 saturated heterocycles. The fourth-order valence-corrected chi connectivity index (χ4v) is 23.2. The Balaban J connectivity index is 1.74. The molecule has 0 spiro atoms. The molecule has 2 heterocycles. The first-order valence-electron chi connectivity index (χ1n) is 26.7. The van der Waals surface area contributed by atoms with Crippen LogP contribution in [0.25, 0.3) is 0 Å². The summed E-state index contributed by atoms with van der Waals surface area (Å²) in [6.07, 6.45) is 2.74. The summed E-state index contributed by atoms with van der Waals surface area (Å²) in [5.41, 5.74) is 1.24. The Kier molecular flexibility index (Phi) is 20.1. The van der Waals surface area contributed by atoms with Crippen molar-refractivity contribution in [2.45, 2.75) is 238 Å². The molecule has 2 fully saturated rings. The van der Waals surface area contributed by atoms with Crippen molar-refractivity contribution in [2.75, 3.05) is 27.4 Å². The third-order valence-electron chi connectivity index (χ3n) is 17.1. The van der Waals surface area contributed by atoms with Crippen molar-refractivity contribution in [3.05, 3.63) is 72.3 Å². The van der Waals surface area contributed by atoms with Crippen molar-refractivity contribution in [3.63, 3.8) is 0 Å². The molecule has 2 aliphatic heterocycles. The molecule has 0 radical (unpaired) electrons. The molecule has 400 valence electrons. The number of ether oxygens (including phenoxy) is 3. The first-order chi connectivity index (χ1) is 31.9. The molecule has 0 N–H and O–H groups in total. The zero-order valence-corrected chi connectivity index (χ0v) is 53.2. The van der Waals surface area contributed by atoms with Crippen LogP contribution in [0.4, 0.5) is 0 Å². The standard InChI is InChI=1S/C58H104O8Si4/c1-41(49(64-68(24,25)55(8,9)10)39-61-67(22,23)54(5,6)7)36-42(2)51-44(4)48(65-70(66-51,57(14,15)16)58(17,18)19)38-45-37-43(3)52(60-21)53(63-45)50(59-20)40-62-69(56(11,12)13,46-32-28-26-29-33-46)47-34-30-27-31-35-47/h26-36,41,43-45,48-53H,37-40H2,1-25H3/b42-36+/t41-,43-,44-,45-,48+,49+,50-,51-,52-,53+/m0/s1. The summed E-state index contributed by atoms with van der Waals surface area (Å²) in [6, 6.07) is 21.7. The highest BCUT2D eigenvalue weighted by molar-refractivity contribution is 6.99. The number of methoxy groups -OCH3 is 2. The molecule has 70 heavy (non-hydrogen) atoms. The minimum atomic E-state index is -3.01. The number of hydrogen-bond donors (Lipinski definition) is 0. The quantitative estimate of drug-likeness (QED) is 0.108. The second kappa shape index (κ2) is 22.9. The van der Waals surface area contributed by atoms with Crippen molar-refractivity contribution in [2.24, 2.45) is 17.8 Å². The highest BCUT2D eigenvalue weighted by Crippen LogP contribution is 2.57. The summed E-state index contributed by atoms with van der Waals surface area (Å²) in [6.45, 7) is 54.4. The van der Waals surface area contributed by atoms with E-state index in [0.29, 0.717) is 13.2 Å². The van der Waals surface area contributed by atoms with Gasteiger partial charge in [-0.05, 0) is 82.9 Å². The fourth-order valence-electron chi connectivity index (χ4n) is 11.0. The molecule has 2 aliphatic rings. The maximum absolute atomic E-state index is 7.69. The van der Waals surface area contributed by atoms with Gasteiger partial charge in [0.15, 0.2) is 16.6 Å². The highest BCUT2D eigenvalue weighted by Gasteiger charge is 2.64. The topological polar surface area (TPSA) is 73.8 Å². The van der Waals surface area contributed by atoms with E-state index >= 15 is 0 Å². The molecule has 2 aromatic carbocycles. The lowest BCUT2D eigenvalue weighted by Crippen LogP contribution is -2.67. The normalized spacial score (nSPS) is 26.2. The van der Waals surface area contributed by atoms with Crippen LogP contribution in [0.15, 0.2) is 72.3 Å². The molecule has 0 unspecified atom stereocenters. The van der Waals surface area contributed by atoms with Gasteiger partial charge in [-0.2, -0.15) is 0 Å². The molecule has 0 bridgehead atoms. The van der Waals surface area contributed by atoms with E-state index in [9.17, 15) is 0 Å². The predicted octanol–water partition coefficient (Wildman–Crippen LogP) is 14.2. The molecule has 0 amide bonds. The van der Waals surface area contributed by atoms with Gasteiger partial charge in [-0.15, -0.1) is 0 Å². The van der Waals surface area contributed by atoms with Crippen molar-refractivity contribution >= 4 is 43.9 Å². The maximum Gasteiger partial charge on any atom is 0.350 e. The molecular formula is C58H104O8Si4. The highest BCUT2D eigenvalue weighted by atomic mass is 28.4. The van der Waals surface area contributed by atoms with Gasteiger partial charge >= 0.3 is 8.56 Å². The molecule has 0 aliphatic carbocycles. The minimum absolute atomic E-state index is 0.0613. The summed E-state index contributed by atoms with van der Waals surface area (Å²) in [5, 5.41) is 2.03. The van der Waals surface area contributed by atoms with E-state index in [1.54, 1.807) is 7.11 Å². The lowest BCUT2D eigenvalue weighted by atomic mass is 9.83.